The molecule has 1 heterocycles. The Labute approximate surface area is 118 Å². The third-order valence-electron chi connectivity index (χ3n) is 5.16. The molecule has 1 aliphatic heterocycles. The topological polar surface area (TPSA) is 35.5 Å². The molecule has 1 aromatic rings. The molecule has 0 radical (unpaired) electrons. The van der Waals surface area contributed by atoms with Crippen molar-refractivity contribution < 1.29 is 14.3 Å². The summed E-state index contributed by atoms with van der Waals surface area (Å²) in [5, 5.41) is 0. The number of carbonyl (C=O) groups excluding carboxylic acids is 1. The third kappa shape index (κ3) is 1.63. The molecule has 104 valence electrons. The van der Waals surface area contributed by atoms with E-state index in [9.17, 15) is 4.79 Å². The van der Waals surface area contributed by atoms with Crippen molar-refractivity contribution in [2.24, 2.45) is 23.2 Å². The van der Waals surface area contributed by atoms with E-state index in [0.717, 1.165) is 18.3 Å². The summed E-state index contributed by atoms with van der Waals surface area (Å²) in [6.45, 7) is 1.05. The van der Waals surface area contributed by atoms with Gasteiger partial charge in [0.2, 0.25) is 0 Å². The van der Waals surface area contributed by atoms with Crippen LogP contribution in [0.25, 0.3) is 0 Å². The highest BCUT2D eigenvalue weighted by atomic mass is 16.7. The van der Waals surface area contributed by atoms with E-state index in [1.165, 1.54) is 0 Å². The Morgan fingerprint density at radius 3 is 2.95 bits per heavy atom. The van der Waals surface area contributed by atoms with E-state index in [-0.39, 0.29) is 17.6 Å². The van der Waals surface area contributed by atoms with Gasteiger partial charge in [-0.15, -0.1) is 0 Å². The van der Waals surface area contributed by atoms with Crippen LogP contribution in [0.15, 0.2) is 42.5 Å². The van der Waals surface area contributed by atoms with Gasteiger partial charge >= 0.3 is 0 Å². The van der Waals surface area contributed by atoms with Crippen LogP contribution in [-0.2, 0) is 20.9 Å². The second kappa shape index (κ2) is 4.54. The molecule has 2 bridgehead atoms. The normalized spacial score (nSPS) is 41.0. The molecule has 0 N–H and O–H groups in total. The minimum Gasteiger partial charge on any atom is -0.351 e. The molecule has 0 aromatic heterocycles. The fourth-order valence-electron chi connectivity index (χ4n) is 4.13. The summed E-state index contributed by atoms with van der Waals surface area (Å²) in [5.41, 5.74) is 0.805. The first-order valence-corrected chi connectivity index (χ1v) is 7.25. The largest absolute Gasteiger partial charge is 0.351 e. The highest BCUT2D eigenvalue weighted by Crippen LogP contribution is 2.60. The summed E-state index contributed by atoms with van der Waals surface area (Å²) >= 11 is 0. The maximum Gasteiger partial charge on any atom is 0.162 e. The maximum atomic E-state index is 11.7. The minimum absolute atomic E-state index is 0.193. The smallest absolute Gasteiger partial charge is 0.162 e. The predicted octanol–water partition coefficient (Wildman–Crippen LogP) is 2.57. The number of fused-ring (bicyclic) bond motifs is 5. The molecule has 3 heteroatoms. The van der Waals surface area contributed by atoms with Crippen LogP contribution in [0.5, 0.6) is 0 Å². The zero-order chi connectivity index (χ0) is 13.6. The molecule has 4 rings (SSSR count). The van der Waals surface area contributed by atoms with Gasteiger partial charge in [-0.05, 0) is 23.8 Å². The van der Waals surface area contributed by atoms with Gasteiger partial charge in [0, 0.05) is 5.92 Å². The standard InChI is InChI=1S/C17H18O3/c18-10-17-11-20-16(15(17)13-6-7-14(17)8-13)19-9-12-4-2-1-3-5-12/h1-7,10,13-16H,8-9,11H2/t13-,14+,15?,16-,17+/m0/s1. The summed E-state index contributed by atoms with van der Waals surface area (Å²) in [7, 11) is 0. The molecule has 2 fully saturated rings. The Bertz CT molecular complexity index is 538. The van der Waals surface area contributed by atoms with Crippen LogP contribution in [0.2, 0.25) is 0 Å². The molecule has 1 saturated heterocycles. The third-order valence-corrected chi connectivity index (χ3v) is 5.16. The van der Waals surface area contributed by atoms with E-state index < -0.39 is 0 Å². The molecular weight excluding hydrogens is 252 g/mol. The molecular formula is C17H18O3. The van der Waals surface area contributed by atoms with Crippen LogP contribution in [0.1, 0.15) is 12.0 Å². The lowest BCUT2D eigenvalue weighted by Gasteiger charge is -2.30. The zero-order valence-corrected chi connectivity index (χ0v) is 11.3. The second-order valence-corrected chi connectivity index (χ2v) is 6.12. The number of ether oxygens (including phenoxy) is 2. The zero-order valence-electron chi connectivity index (χ0n) is 11.3. The molecule has 1 saturated carbocycles. The highest BCUT2D eigenvalue weighted by molar-refractivity contribution is 5.64. The fourth-order valence-corrected chi connectivity index (χ4v) is 4.13. The number of benzene rings is 1. The minimum atomic E-state index is -0.333. The highest BCUT2D eigenvalue weighted by Gasteiger charge is 2.63. The van der Waals surface area contributed by atoms with E-state index in [1.54, 1.807) is 0 Å². The van der Waals surface area contributed by atoms with Crippen LogP contribution >= 0.6 is 0 Å². The quantitative estimate of drug-likeness (QED) is 0.623. The van der Waals surface area contributed by atoms with Gasteiger partial charge < -0.3 is 14.3 Å². The molecule has 3 aliphatic rings. The number of carbonyl (C=O) groups is 1. The summed E-state index contributed by atoms with van der Waals surface area (Å²) < 4.78 is 11.8. The van der Waals surface area contributed by atoms with E-state index >= 15 is 0 Å². The summed E-state index contributed by atoms with van der Waals surface area (Å²) in [4.78, 5) is 11.7. The first-order chi connectivity index (χ1) is 9.83. The van der Waals surface area contributed by atoms with Crippen molar-refractivity contribution in [2.45, 2.75) is 19.3 Å². The van der Waals surface area contributed by atoms with Crippen molar-refractivity contribution in [3.05, 3.63) is 48.0 Å². The summed E-state index contributed by atoms with van der Waals surface area (Å²) in [6, 6.07) is 10.1. The van der Waals surface area contributed by atoms with Crippen molar-refractivity contribution in [1.82, 2.24) is 0 Å². The summed E-state index contributed by atoms with van der Waals surface area (Å²) in [5.74, 6) is 0.979. The first kappa shape index (κ1) is 12.3. The summed E-state index contributed by atoms with van der Waals surface area (Å²) in [6.07, 6.45) is 6.39. The van der Waals surface area contributed by atoms with Gasteiger partial charge in [0.1, 0.15) is 6.29 Å². The lowest BCUT2D eigenvalue weighted by Crippen LogP contribution is -2.38. The Hall–Kier alpha value is -1.45. The number of aldehydes is 1. The molecule has 5 atom stereocenters. The maximum absolute atomic E-state index is 11.7. The Kier molecular flexibility index (Phi) is 2.79. The SMILES string of the molecule is O=C[C@]12CO[C@H](OCc3ccccc3)C1[C@H]1C=C[C@@H]2C1. The van der Waals surface area contributed by atoms with Gasteiger partial charge in [-0.2, -0.15) is 0 Å². The fraction of sp³-hybridized carbons (Fsp3) is 0.471. The average Bonchev–Trinajstić information content (AvgIpc) is 3.18. The van der Waals surface area contributed by atoms with Crippen molar-refractivity contribution in [3.8, 4) is 0 Å². The van der Waals surface area contributed by atoms with Gasteiger partial charge in [0.15, 0.2) is 6.29 Å². The monoisotopic (exact) mass is 270 g/mol. The second-order valence-electron chi connectivity index (χ2n) is 6.12. The molecule has 20 heavy (non-hydrogen) atoms. The van der Waals surface area contributed by atoms with Crippen LogP contribution in [-0.4, -0.2) is 19.2 Å². The Morgan fingerprint density at radius 1 is 1.30 bits per heavy atom. The van der Waals surface area contributed by atoms with Gasteiger partial charge in [0.25, 0.3) is 0 Å². The van der Waals surface area contributed by atoms with Crippen molar-refractivity contribution in [1.29, 1.82) is 0 Å². The van der Waals surface area contributed by atoms with E-state index in [2.05, 4.69) is 12.2 Å². The van der Waals surface area contributed by atoms with Crippen LogP contribution in [0.3, 0.4) is 0 Å². The van der Waals surface area contributed by atoms with E-state index in [4.69, 9.17) is 9.47 Å². The van der Waals surface area contributed by atoms with E-state index in [1.807, 2.05) is 30.3 Å². The van der Waals surface area contributed by atoms with Gasteiger partial charge in [-0.1, -0.05) is 42.5 Å². The van der Waals surface area contributed by atoms with Crippen LogP contribution in [0, 0.1) is 23.2 Å². The number of hydrogen-bond donors (Lipinski definition) is 0. The van der Waals surface area contributed by atoms with Crippen LogP contribution < -0.4 is 0 Å². The van der Waals surface area contributed by atoms with E-state index in [0.29, 0.717) is 25.0 Å². The molecule has 3 nitrogen and oxygen atoms in total. The molecule has 2 aliphatic carbocycles. The van der Waals surface area contributed by atoms with Crippen molar-refractivity contribution in [2.75, 3.05) is 6.61 Å². The molecule has 1 unspecified atom stereocenters. The molecule has 0 spiro atoms. The Balaban J connectivity index is 1.51. The lowest BCUT2D eigenvalue weighted by molar-refractivity contribution is -0.144. The van der Waals surface area contributed by atoms with Gasteiger partial charge in [-0.3, -0.25) is 0 Å². The van der Waals surface area contributed by atoms with Gasteiger partial charge in [0.05, 0.1) is 18.6 Å². The van der Waals surface area contributed by atoms with Crippen molar-refractivity contribution >= 4 is 6.29 Å². The first-order valence-electron chi connectivity index (χ1n) is 7.25. The predicted molar refractivity (Wildman–Crippen MR) is 73.7 cm³/mol. The number of hydrogen-bond acceptors (Lipinski definition) is 3. The lowest BCUT2D eigenvalue weighted by atomic mass is 9.71. The Morgan fingerprint density at radius 2 is 2.15 bits per heavy atom. The number of rotatable bonds is 4. The number of allylic oxidation sites excluding steroid dienone is 2. The molecule has 1 aromatic carbocycles. The van der Waals surface area contributed by atoms with Gasteiger partial charge in [-0.25, -0.2) is 0 Å². The average molecular weight is 270 g/mol. The van der Waals surface area contributed by atoms with Crippen molar-refractivity contribution in [3.63, 3.8) is 0 Å². The van der Waals surface area contributed by atoms with Crippen LogP contribution in [0.4, 0.5) is 0 Å². The molecule has 0 amide bonds.